The molecule has 7 nitrogen and oxygen atoms in total. The van der Waals surface area contributed by atoms with Gasteiger partial charge in [-0.05, 0) is 19.1 Å². The molecule has 0 saturated heterocycles. The molecule has 0 aliphatic carbocycles. The molecule has 1 aromatic carbocycles. The molecule has 0 bridgehead atoms. The van der Waals surface area contributed by atoms with Crippen molar-refractivity contribution in [2.75, 3.05) is 10.6 Å². The Kier molecular flexibility index (Phi) is 6.74. The Labute approximate surface area is 165 Å². The van der Waals surface area contributed by atoms with Crippen LogP contribution >= 0.6 is 11.6 Å². The second kappa shape index (κ2) is 8.83. The van der Waals surface area contributed by atoms with Crippen molar-refractivity contribution in [2.45, 2.75) is 26.2 Å². The van der Waals surface area contributed by atoms with Crippen molar-refractivity contribution in [2.24, 2.45) is 5.92 Å². The Bertz CT molecular complexity index is 890. The van der Waals surface area contributed by atoms with Crippen LogP contribution < -0.4 is 10.6 Å². The van der Waals surface area contributed by atoms with Crippen LogP contribution in [0.4, 0.5) is 20.3 Å². The van der Waals surface area contributed by atoms with Gasteiger partial charge in [0.1, 0.15) is 5.15 Å². The summed E-state index contributed by atoms with van der Waals surface area (Å²) in [7, 11) is 0. The van der Waals surface area contributed by atoms with Crippen LogP contribution in [0.25, 0.3) is 0 Å². The maximum atomic E-state index is 13.9. The number of anilines is 2. The lowest BCUT2D eigenvalue weighted by Gasteiger charge is -2.18. The number of nitrogens with one attached hydrogen (secondary N) is 3. The standard InChI is InChI=1S/C18H18ClF2N5O2/c1-3-18(20,21)11-5-4-6-12(7-11)25-16(27)15(10(2)22)17(28)26-14-9-23-13(19)8-24-14/h4-9,15,22H,3H2,1-2H3,(H,25,27)(H,24,26,28). The SMILES string of the molecule is CCC(F)(F)c1cccc(NC(=O)C(C(C)=N)C(=O)Nc2cnc(Cl)cn2)c1. The molecule has 28 heavy (non-hydrogen) atoms. The van der Waals surface area contributed by atoms with Crippen molar-refractivity contribution in [1.29, 1.82) is 5.41 Å². The van der Waals surface area contributed by atoms with Gasteiger partial charge in [-0.2, -0.15) is 0 Å². The van der Waals surface area contributed by atoms with Crippen LogP contribution in [0.5, 0.6) is 0 Å². The number of carbonyl (C=O) groups excluding carboxylic acids is 2. The van der Waals surface area contributed by atoms with Crippen molar-refractivity contribution in [3.63, 3.8) is 0 Å². The van der Waals surface area contributed by atoms with Crippen LogP contribution in [0, 0.1) is 11.3 Å². The Morgan fingerprint density at radius 2 is 1.89 bits per heavy atom. The molecule has 2 amide bonds. The normalized spacial score (nSPS) is 12.2. The average Bonchev–Trinajstić information content (AvgIpc) is 2.63. The number of benzene rings is 1. The molecule has 1 aromatic heterocycles. The van der Waals surface area contributed by atoms with E-state index in [4.69, 9.17) is 17.0 Å². The highest BCUT2D eigenvalue weighted by Crippen LogP contribution is 2.32. The summed E-state index contributed by atoms with van der Waals surface area (Å²) in [5.41, 5.74) is -0.384. The monoisotopic (exact) mass is 409 g/mol. The van der Waals surface area contributed by atoms with E-state index in [9.17, 15) is 18.4 Å². The lowest BCUT2D eigenvalue weighted by Crippen LogP contribution is -2.38. The first kappa shape index (κ1) is 21.4. The van der Waals surface area contributed by atoms with Crippen LogP contribution in [0.3, 0.4) is 0 Å². The largest absolute Gasteiger partial charge is 0.325 e. The van der Waals surface area contributed by atoms with E-state index < -0.39 is 30.1 Å². The summed E-state index contributed by atoms with van der Waals surface area (Å²) in [6.07, 6.45) is 2.02. The van der Waals surface area contributed by atoms with Gasteiger partial charge >= 0.3 is 0 Å². The number of alkyl halides is 2. The zero-order valence-corrected chi connectivity index (χ0v) is 15.8. The molecule has 0 aliphatic rings. The minimum absolute atomic E-state index is 0.0537. The zero-order chi connectivity index (χ0) is 20.9. The fraction of sp³-hybridized carbons (Fsp3) is 0.278. The van der Waals surface area contributed by atoms with Gasteiger partial charge in [0, 0.05) is 23.4 Å². The van der Waals surface area contributed by atoms with Gasteiger partial charge in [0.2, 0.25) is 11.8 Å². The predicted molar refractivity (Wildman–Crippen MR) is 102 cm³/mol. The maximum absolute atomic E-state index is 13.9. The number of halogens is 3. The van der Waals surface area contributed by atoms with Crippen LogP contribution in [0.1, 0.15) is 25.8 Å². The molecule has 148 valence electrons. The highest BCUT2D eigenvalue weighted by Gasteiger charge is 2.31. The number of hydrogen-bond donors (Lipinski definition) is 3. The Morgan fingerprint density at radius 1 is 1.21 bits per heavy atom. The highest BCUT2D eigenvalue weighted by molar-refractivity contribution is 6.29. The van der Waals surface area contributed by atoms with Gasteiger partial charge in [0.25, 0.3) is 5.92 Å². The number of carbonyl (C=O) groups is 2. The molecule has 0 fully saturated rings. The maximum Gasteiger partial charge on any atom is 0.273 e. The summed E-state index contributed by atoms with van der Waals surface area (Å²) in [4.78, 5) is 32.5. The molecule has 10 heteroatoms. The Balaban J connectivity index is 2.17. The lowest BCUT2D eigenvalue weighted by molar-refractivity contribution is -0.126. The van der Waals surface area contributed by atoms with Gasteiger partial charge in [0.05, 0.1) is 12.4 Å². The fourth-order valence-electron chi connectivity index (χ4n) is 2.33. The third kappa shape index (κ3) is 5.29. The number of amides is 2. The van der Waals surface area contributed by atoms with Crippen molar-refractivity contribution in [3.05, 3.63) is 47.4 Å². The van der Waals surface area contributed by atoms with E-state index in [0.29, 0.717) is 0 Å². The first-order valence-electron chi connectivity index (χ1n) is 8.26. The van der Waals surface area contributed by atoms with Crippen molar-refractivity contribution in [3.8, 4) is 0 Å². The summed E-state index contributed by atoms with van der Waals surface area (Å²) in [6.45, 7) is 2.64. The topological polar surface area (TPSA) is 108 Å². The molecule has 2 rings (SSSR count). The Morgan fingerprint density at radius 3 is 2.46 bits per heavy atom. The van der Waals surface area contributed by atoms with Crippen LogP contribution in [0.15, 0.2) is 36.7 Å². The first-order valence-corrected chi connectivity index (χ1v) is 8.64. The summed E-state index contributed by atoms with van der Waals surface area (Å²) in [5, 5.41) is 12.6. The van der Waals surface area contributed by atoms with Gasteiger partial charge in [-0.15, -0.1) is 0 Å². The molecule has 1 heterocycles. The average molecular weight is 410 g/mol. The molecular weight excluding hydrogens is 392 g/mol. The predicted octanol–water partition coefficient (Wildman–Crippen LogP) is 3.86. The van der Waals surface area contributed by atoms with Crippen LogP contribution in [-0.4, -0.2) is 27.5 Å². The number of aromatic nitrogens is 2. The molecule has 1 atom stereocenters. The second-order valence-electron chi connectivity index (χ2n) is 5.96. The quantitative estimate of drug-likeness (QED) is 0.476. The minimum Gasteiger partial charge on any atom is -0.325 e. The molecular formula is C18H18ClF2N5O2. The van der Waals surface area contributed by atoms with E-state index in [2.05, 4.69) is 20.6 Å². The second-order valence-corrected chi connectivity index (χ2v) is 6.34. The first-order chi connectivity index (χ1) is 13.1. The van der Waals surface area contributed by atoms with Crippen LogP contribution in [0.2, 0.25) is 5.15 Å². The summed E-state index contributed by atoms with van der Waals surface area (Å²) >= 11 is 5.62. The number of hydrogen-bond acceptors (Lipinski definition) is 5. The van der Waals surface area contributed by atoms with Gasteiger partial charge in [-0.1, -0.05) is 30.7 Å². The van der Waals surface area contributed by atoms with Crippen molar-refractivity contribution in [1.82, 2.24) is 9.97 Å². The number of nitrogens with zero attached hydrogens (tertiary/aromatic N) is 2. The third-order valence-electron chi connectivity index (χ3n) is 3.83. The molecule has 3 N–H and O–H groups in total. The molecule has 0 saturated carbocycles. The molecule has 1 unspecified atom stereocenters. The van der Waals surface area contributed by atoms with Gasteiger partial charge in [-0.25, -0.2) is 18.7 Å². The minimum atomic E-state index is -3.04. The zero-order valence-electron chi connectivity index (χ0n) is 15.1. The number of rotatable bonds is 7. The van der Waals surface area contributed by atoms with Gasteiger partial charge < -0.3 is 16.0 Å². The third-order valence-corrected chi connectivity index (χ3v) is 4.02. The van der Waals surface area contributed by atoms with Crippen LogP contribution in [-0.2, 0) is 15.5 Å². The van der Waals surface area contributed by atoms with E-state index in [-0.39, 0.29) is 27.9 Å². The summed E-state index contributed by atoms with van der Waals surface area (Å²) < 4.78 is 27.7. The molecule has 0 radical (unpaired) electrons. The van der Waals surface area contributed by atoms with Crippen molar-refractivity contribution < 1.29 is 18.4 Å². The summed E-state index contributed by atoms with van der Waals surface area (Å²) in [6, 6.07) is 5.20. The lowest BCUT2D eigenvalue weighted by atomic mass is 10.0. The van der Waals surface area contributed by atoms with E-state index in [0.717, 1.165) is 6.07 Å². The fourth-order valence-corrected chi connectivity index (χ4v) is 2.43. The Hall–Kier alpha value is -2.94. The smallest absolute Gasteiger partial charge is 0.273 e. The van der Waals surface area contributed by atoms with E-state index in [1.54, 1.807) is 0 Å². The van der Waals surface area contributed by atoms with E-state index in [1.807, 2.05) is 0 Å². The van der Waals surface area contributed by atoms with Gasteiger partial charge in [-0.3, -0.25) is 9.59 Å². The van der Waals surface area contributed by atoms with E-state index >= 15 is 0 Å². The van der Waals surface area contributed by atoms with Crippen molar-refractivity contribution >= 4 is 40.6 Å². The van der Waals surface area contributed by atoms with E-state index in [1.165, 1.54) is 44.4 Å². The molecule has 0 aliphatic heterocycles. The van der Waals surface area contributed by atoms with Gasteiger partial charge in [0.15, 0.2) is 11.7 Å². The molecule has 0 spiro atoms. The molecule has 2 aromatic rings. The highest BCUT2D eigenvalue weighted by atomic mass is 35.5. The summed E-state index contributed by atoms with van der Waals surface area (Å²) in [5.74, 6) is -6.10.